The summed E-state index contributed by atoms with van der Waals surface area (Å²) in [6.07, 6.45) is 4.32. The number of hydrogen-bond acceptors (Lipinski definition) is 12. The molecule has 15 heteroatoms. The van der Waals surface area contributed by atoms with E-state index >= 15 is 0 Å². The summed E-state index contributed by atoms with van der Waals surface area (Å²) in [7, 11) is 0. The number of aromatic nitrogens is 4. The van der Waals surface area contributed by atoms with Gasteiger partial charge in [0.05, 0.1) is 13.2 Å². The fraction of sp³-hybridized carbons (Fsp3) is 0.567. The number of fused-ring (bicyclic) bond motifs is 2. The fourth-order valence-electron chi connectivity index (χ4n) is 5.88. The monoisotopic (exact) mass is 703 g/mol. The molecule has 45 heavy (non-hydrogen) atoms. The number of nitrogen functional groups attached to an aromatic ring is 1. The van der Waals surface area contributed by atoms with Crippen LogP contribution in [0.25, 0.3) is 11.2 Å². The number of ether oxygens (including phenoxy) is 4. The van der Waals surface area contributed by atoms with Crippen LogP contribution in [0, 0.1) is 5.92 Å². The molecule has 2 saturated heterocycles. The van der Waals surface area contributed by atoms with E-state index in [9.17, 15) is 9.59 Å². The van der Waals surface area contributed by atoms with Gasteiger partial charge >= 0.3 is 5.97 Å². The lowest BCUT2D eigenvalue weighted by Crippen LogP contribution is -2.44. The molecule has 2 aromatic heterocycles. The van der Waals surface area contributed by atoms with E-state index in [4.69, 9.17) is 29.7 Å². The molecule has 3 aromatic rings. The number of nitrogens with zero attached hydrogens (tertiary/aromatic N) is 6. The quantitative estimate of drug-likeness (QED) is 0.290. The summed E-state index contributed by atoms with van der Waals surface area (Å²) < 4.78 is 24.9. The zero-order valence-corrected chi connectivity index (χ0v) is 27.7. The predicted octanol–water partition coefficient (Wildman–Crippen LogP) is 3.72. The molecule has 0 bridgehead atoms. The Kier molecular flexibility index (Phi) is 10.3. The molecule has 2 fully saturated rings. The third kappa shape index (κ3) is 7.64. The Labute approximate surface area is 274 Å². The molecule has 242 valence electrons. The minimum absolute atomic E-state index is 0.129. The molecule has 1 atom stereocenters. The van der Waals surface area contributed by atoms with Crippen molar-refractivity contribution in [2.75, 3.05) is 58.5 Å². The number of amides is 1. The zero-order chi connectivity index (χ0) is 31.3. The summed E-state index contributed by atoms with van der Waals surface area (Å²) in [5, 5.41) is 0.755. The minimum Gasteiger partial charge on any atom is -0.454 e. The van der Waals surface area contributed by atoms with Crippen molar-refractivity contribution < 1.29 is 28.5 Å². The highest BCUT2D eigenvalue weighted by atomic mass is 79.9. The topological polar surface area (TPSA) is 147 Å². The molecule has 13 nitrogen and oxygen atoms in total. The van der Waals surface area contributed by atoms with Gasteiger partial charge in [0, 0.05) is 48.5 Å². The third-order valence-corrected chi connectivity index (χ3v) is 10.4. The number of nitrogens with two attached hydrogens (primary N) is 1. The molecule has 0 aliphatic carbocycles. The number of imidazole rings is 1. The standard InChI is InChI=1S/C30H38BrN7O6S/c1-19(44-25(39)3-2-7-36-11-13-41-14-12-36)29(40)37-8-4-20(5-9-37)6-10-38-28-26(27(32)33-17-34-28)35-30(38)45-24-16-23-22(15-21(24)31)42-18-43-23/h15-17,19-20H,2-14,18H2,1H3,(H2,32,33,34). The van der Waals surface area contributed by atoms with Gasteiger partial charge in [0.15, 0.2) is 39.7 Å². The molecule has 5 heterocycles. The highest BCUT2D eigenvalue weighted by molar-refractivity contribution is 9.10. The molecular formula is C30H38BrN7O6S. The number of benzene rings is 1. The number of likely N-dealkylation sites (tertiary alicyclic amines) is 1. The Morgan fingerprint density at radius 2 is 1.87 bits per heavy atom. The van der Waals surface area contributed by atoms with Gasteiger partial charge < -0.3 is 34.1 Å². The maximum absolute atomic E-state index is 13.1. The van der Waals surface area contributed by atoms with Crippen LogP contribution in [0.15, 0.2) is 33.0 Å². The van der Waals surface area contributed by atoms with E-state index in [-0.39, 0.29) is 18.7 Å². The van der Waals surface area contributed by atoms with Crippen LogP contribution >= 0.6 is 27.7 Å². The highest BCUT2D eigenvalue weighted by Crippen LogP contribution is 2.43. The summed E-state index contributed by atoms with van der Waals surface area (Å²) in [5.41, 5.74) is 7.43. The van der Waals surface area contributed by atoms with Crippen molar-refractivity contribution in [1.29, 1.82) is 0 Å². The first-order chi connectivity index (χ1) is 21.9. The number of rotatable bonds is 11. The van der Waals surface area contributed by atoms with E-state index in [1.165, 1.54) is 18.1 Å². The van der Waals surface area contributed by atoms with Gasteiger partial charge in [0.25, 0.3) is 5.91 Å². The van der Waals surface area contributed by atoms with Crippen molar-refractivity contribution in [3.63, 3.8) is 0 Å². The number of halogens is 1. The molecule has 0 spiro atoms. The Bertz CT molecular complexity index is 1530. The van der Waals surface area contributed by atoms with Crippen molar-refractivity contribution >= 4 is 56.6 Å². The second-order valence-electron chi connectivity index (χ2n) is 11.5. The molecule has 1 unspecified atom stereocenters. The SMILES string of the molecule is CC(OC(=O)CCCN1CCOCC1)C(=O)N1CCC(CCn2c(Sc3cc4c(cc3Br)OCO4)nc3c(N)ncnc32)CC1. The molecule has 3 aliphatic rings. The zero-order valence-electron chi connectivity index (χ0n) is 25.3. The molecule has 0 saturated carbocycles. The number of aryl methyl sites for hydroxylation is 1. The Morgan fingerprint density at radius 1 is 1.11 bits per heavy atom. The number of hydrogen-bond donors (Lipinski definition) is 1. The van der Waals surface area contributed by atoms with Gasteiger partial charge in [-0.05, 0) is 73.1 Å². The van der Waals surface area contributed by atoms with E-state index in [2.05, 4.69) is 35.4 Å². The molecule has 1 amide bonds. The minimum atomic E-state index is -0.782. The van der Waals surface area contributed by atoms with Crippen LogP contribution in [0.5, 0.6) is 11.5 Å². The summed E-state index contributed by atoms with van der Waals surface area (Å²) >= 11 is 5.14. The van der Waals surface area contributed by atoms with Crippen molar-refractivity contribution in [1.82, 2.24) is 29.3 Å². The first-order valence-corrected chi connectivity index (χ1v) is 17.0. The predicted molar refractivity (Wildman–Crippen MR) is 170 cm³/mol. The number of carbonyl (C=O) groups excluding carboxylic acids is 2. The third-order valence-electron chi connectivity index (χ3n) is 8.46. The molecule has 0 radical (unpaired) electrons. The highest BCUT2D eigenvalue weighted by Gasteiger charge is 2.29. The number of morpholine rings is 1. The van der Waals surface area contributed by atoms with Crippen LogP contribution in [0.1, 0.15) is 39.0 Å². The average molecular weight is 705 g/mol. The van der Waals surface area contributed by atoms with Crippen molar-refractivity contribution in [2.45, 2.75) is 61.7 Å². The van der Waals surface area contributed by atoms with E-state index in [1.807, 2.05) is 17.0 Å². The second-order valence-corrected chi connectivity index (χ2v) is 13.3. The Morgan fingerprint density at radius 3 is 2.64 bits per heavy atom. The Hall–Kier alpha value is -3.14. The number of anilines is 1. The van der Waals surface area contributed by atoms with Crippen molar-refractivity contribution in [3.8, 4) is 11.5 Å². The summed E-state index contributed by atoms with van der Waals surface area (Å²) in [4.78, 5) is 43.9. The van der Waals surface area contributed by atoms with Crippen LogP contribution in [0.4, 0.5) is 5.82 Å². The number of esters is 1. The largest absolute Gasteiger partial charge is 0.454 e. The van der Waals surface area contributed by atoms with Crippen LogP contribution in [0.2, 0.25) is 0 Å². The van der Waals surface area contributed by atoms with Crippen LogP contribution in [-0.4, -0.2) is 100 Å². The Balaban J connectivity index is 1.01. The van der Waals surface area contributed by atoms with Gasteiger partial charge in [-0.3, -0.25) is 14.5 Å². The molecule has 3 aliphatic heterocycles. The number of piperidine rings is 1. The lowest BCUT2D eigenvalue weighted by atomic mass is 9.93. The van der Waals surface area contributed by atoms with E-state index in [1.54, 1.807) is 6.92 Å². The summed E-state index contributed by atoms with van der Waals surface area (Å²) in [6, 6.07) is 3.84. The lowest BCUT2D eigenvalue weighted by molar-refractivity contribution is -0.160. The normalized spacial score (nSPS) is 18.0. The second kappa shape index (κ2) is 14.5. The van der Waals surface area contributed by atoms with E-state index in [0.717, 1.165) is 66.6 Å². The van der Waals surface area contributed by atoms with Gasteiger partial charge in [0.2, 0.25) is 6.79 Å². The smallest absolute Gasteiger partial charge is 0.306 e. The summed E-state index contributed by atoms with van der Waals surface area (Å²) in [5.74, 6) is 1.69. The van der Waals surface area contributed by atoms with Crippen molar-refractivity contribution in [2.24, 2.45) is 5.92 Å². The van der Waals surface area contributed by atoms with Crippen LogP contribution in [0.3, 0.4) is 0 Å². The van der Waals surface area contributed by atoms with Crippen LogP contribution < -0.4 is 15.2 Å². The first kappa shape index (κ1) is 31.8. The molecule has 6 rings (SSSR count). The maximum Gasteiger partial charge on any atom is 0.306 e. The lowest BCUT2D eigenvalue weighted by Gasteiger charge is -2.33. The molecule has 1 aromatic carbocycles. The fourth-order valence-corrected chi connectivity index (χ4v) is 7.39. The maximum atomic E-state index is 13.1. The first-order valence-electron chi connectivity index (χ1n) is 15.4. The van der Waals surface area contributed by atoms with Gasteiger partial charge in [-0.2, -0.15) is 0 Å². The van der Waals surface area contributed by atoms with Gasteiger partial charge in [-0.1, -0.05) is 11.8 Å². The molecule has 2 N–H and O–H groups in total. The van der Waals surface area contributed by atoms with Crippen molar-refractivity contribution in [3.05, 3.63) is 22.9 Å². The van der Waals surface area contributed by atoms with Gasteiger partial charge in [0.1, 0.15) is 6.33 Å². The van der Waals surface area contributed by atoms with E-state index < -0.39 is 6.10 Å². The average Bonchev–Trinajstić information content (AvgIpc) is 3.65. The molecular weight excluding hydrogens is 666 g/mol. The van der Waals surface area contributed by atoms with E-state index in [0.29, 0.717) is 66.9 Å². The number of carbonyl (C=O) groups is 2. The van der Waals surface area contributed by atoms with Gasteiger partial charge in [-0.15, -0.1) is 0 Å². The van der Waals surface area contributed by atoms with Crippen LogP contribution in [-0.2, 0) is 25.6 Å². The summed E-state index contributed by atoms with van der Waals surface area (Å²) in [6.45, 7) is 7.90. The van der Waals surface area contributed by atoms with Gasteiger partial charge in [-0.25, -0.2) is 15.0 Å².